The average Bonchev–Trinajstić information content (AvgIpc) is 3.16. The quantitative estimate of drug-likeness (QED) is 0.781. The first-order valence-electron chi connectivity index (χ1n) is 8.15. The third-order valence-electron chi connectivity index (χ3n) is 4.81. The van der Waals surface area contributed by atoms with Gasteiger partial charge in [0.1, 0.15) is 11.5 Å². The first-order chi connectivity index (χ1) is 10.3. The highest BCUT2D eigenvalue weighted by Crippen LogP contribution is 2.28. The Bertz CT molecular complexity index is 515. The SMILES string of the molecule is C=CC(=O)N(Cc1noc2c1CCCC2)CC1CCCC1. The highest BCUT2D eigenvalue weighted by molar-refractivity contribution is 5.86. The van der Waals surface area contributed by atoms with Crippen LogP contribution in [0.4, 0.5) is 0 Å². The fourth-order valence-corrected chi connectivity index (χ4v) is 3.62. The molecule has 0 aliphatic heterocycles. The van der Waals surface area contributed by atoms with Crippen molar-refractivity contribution in [3.05, 3.63) is 29.7 Å². The van der Waals surface area contributed by atoms with Crippen LogP contribution in [-0.2, 0) is 24.2 Å². The van der Waals surface area contributed by atoms with Crippen molar-refractivity contribution >= 4 is 5.91 Å². The Hall–Kier alpha value is -1.58. The second-order valence-corrected chi connectivity index (χ2v) is 6.31. The lowest BCUT2D eigenvalue weighted by atomic mass is 9.96. The number of hydrogen-bond donors (Lipinski definition) is 0. The Kier molecular flexibility index (Phi) is 4.42. The lowest BCUT2D eigenvalue weighted by Crippen LogP contribution is -2.33. The number of carbonyl (C=O) groups is 1. The molecule has 3 rings (SSSR count). The first-order valence-corrected chi connectivity index (χ1v) is 8.15. The van der Waals surface area contributed by atoms with E-state index in [9.17, 15) is 4.79 Å². The summed E-state index contributed by atoms with van der Waals surface area (Å²) < 4.78 is 5.46. The predicted octanol–water partition coefficient (Wildman–Crippen LogP) is 3.26. The molecule has 1 amide bonds. The Morgan fingerprint density at radius 1 is 1.29 bits per heavy atom. The van der Waals surface area contributed by atoms with Crippen molar-refractivity contribution in [2.24, 2.45) is 5.92 Å². The number of nitrogens with zero attached hydrogens (tertiary/aromatic N) is 2. The summed E-state index contributed by atoms with van der Waals surface area (Å²) in [7, 11) is 0. The zero-order valence-electron chi connectivity index (χ0n) is 12.6. The van der Waals surface area contributed by atoms with Gasteiger partial charge >= 0.3 is 0 Å². The molecule has 4 heteroatoms. The summed E-state index contributed by atoms with van der Waals surface area (Å²) in [6.07, 6.45) is 10.9. The van der Waals surface area contributed by atoms with Gasteiger partial charge < -0.3 is 9.42 Å². The standard InChI is InChI=1S/C17H24N2O2/c1-2-17(20)19(11-13-7-3-4-8-13)12-15-14-9-5-6-10-16(14)21-18-15/h2,13H,1,3-12H2. The lowest BCUT2D eigenvalue weighted by molar-refractivity contribution is -0.127. The van der Waals surface area contributed by atoms with Crippen molar-refractivity contribution in [1.82, 2.24) is 10.1 Å². The van der Waals surface area contributed by atoms with Gasteiger partial charge in [0.25, 0.3) is 0 Å². The molecule has 114 valence electrons. The molecule has 1 aromatic rings. The molecule has 0 bridgehead atoms. The number of hydrogen-bond acceptors (Lipinski definition) is 3. The number of aryl methyl sites for hydroxylation is 1. The Labute approximate surface area is 126 Å². The normalized spacial score (nSPS) is 18.5. The molecular weight excluding hydrogens is 264 g/mol. The fraction of sp³-hybridized carbons (Fsp3) is 0.647. The number of fused-ring (bicyclic) bond motifs is 1. The van der Waals surface area contributed by atoms with E-state index in [1.807, 2.05) is 4.90 Å². The fourth-order valence-electron chi connectivity index (χ4n) is 3.62. The van der Waals surface area contributed by atoms with Crippen LogP contribution in [0.3, 0.4) is 0 Å². The third-order valence-corrected chi connectivity index (χ3v) is 4.81. The molecule has 0 radical (unpaired) electrons. The summed E-state index contributed by atoms with van der Waals surface area (Å²) in [6.45, 7) is 5.03. The molecule has 0 atom stereocenters. The lowest BCUT2D eigenvalue weighted by Gasteiger charge is -2.24. The van der Waals surface area contributed by atoms with Gasteiger partial charge in [-0.05, 0) is 44.1 Å². The molecule has 1 aromatic heterocycles. The van der Waals surface area contributed by atoms with Gasteiger partial charge in [-0.15, -0.1) is 0 Å². The van der Waals surface area contributed by atoms with E-state index in [1.165, 1.54) is 50.2 Å². The summed E-state index contributed by atoms with van der Waals surface area (Å²) in [4.78, 5) is 14.0. The smallest absolute Gasteiger partial charge is 0.246 e. The van der Waals surface area contributed by atoms with Crippen LogP contribution in [0, 0.1) is 5.92 Å². The van der Waals surface area contributed by atoms with E-state index in [1.54, 1.807) is 0 Å². The van der Waals surface area contributed by atoms with Crippen LogP contribution in [0.1, 0.15) is 55.5 Å². The maximum Gasteiger partial charge on any atom is 0.246 e. The van der Waals surface area contributed by atoms with Crippen LogP contribution >= 0.6 is 0 Å². The van der Waals surface area contributed by atoms with Crippen LogP contribution in [-0.4, -0.2) is 22.5 Å². The third kappa shape index (κ3) is 3.20. The second kappa shape index (κ2) is 6.46. The number of rotatable bonds is 5. The predicted molar refractivity (Wildman–Crippen MR) is 80.7 cm³/mol. The first kappa shape index (κ1) is 14.4. The maximum atomic E-state index is 12.1. The van der Waals surface area contributed by atoms with Crippen LogP contribution < -0.4 is 0 Å². The summed E-state index contributed by atoms with van der Waals surface area (Å²) in [6, 6.07) is 0. The monoisotopic (exact) mass is 288 g/mol. The molecule has 2 aliphatic carbocycles. The van der Waals surface area contributed by atoms with Gasteiger partial charge in [-0.3, -0.25) is 4.79 Å². The van der Waals surface area contributed by atoms with Gasteiger partial charge in [-0.1, -0.05) is 24.6 Å². The van der Waals surface area contributed by atoms with Crippen LogP contribution in [0.15, 0.2) is 17.2 Å². The van der Waals surface area contributed by atoms with Gasteiger partial charge in [0.2, 0.25) is 5.91 Å². The zero-order chi connectivity index (χ0) is 14.7. The number of amides is 1. The molecule has 0 unspecified atom stereocenters. The van der Waals surface area contributed by atoms with E-state index in [-0.39, 0.29) is 5.91 Å². The van der Waals surface area contributed by atoms with E-state index >= 15 is 0 Å². The van der Waals surface area contributed by atoms with Crippen LogP contribution in [0.2, 0.25) is 0 Å². The molecule has 0 aromatic carbocycles. The van der Waals surface area contributed by atoms with Gasteiger partial charge in [0, 0.05) is 18.5 Å². The molecule has 21 heavy (non-hydrogen) atoms. The molecule has 1 fully saturated rings. The van der Waals surface area contributed by atoms with Crippen molar-refractivity contribution in [3.8, 4) is 0 Å². The zero-order valence-corrected chi connectivity index (χ0v) is 12.6. The van der Waals surface area contributed by atoms with E-state index < -0.39 is 0 Å². The molecule has 1 saturated carbocycles. The summed E-state index contributed by atoms with van der Waals surface area (Å²) >= 11 is 0. The summed E-state index contributed by atoms with van der Waals surface area (Å²) in [5, 5.41) is 4.23. The van der Waals surface area contributed by atoms with Gasteiger partial charge in [-0.2, -0.15) is 0 Å². The molecule has 0 N–H and O–H groups in total. The highest BCUT2D eigenvalue weighted by atomic mass is 16.5. The van der Waals surface area contributed by atoms with Gasteiger partial charge in [0.05, 0.1) is 6.54 Å². The molecule has 1 heterocycles. The Morgan fingerprint density at radius 3 is 2.81 bits per heavy atom. The highest BCUT2D eigenvalue weighted by Gasteiger charge is 2.25. The minimum absolute atomic E-state index is 0.00876. The molecule has 0 spiro atoms. The van der Waals surface area contributed by atoms with Gasteiger partial charge in [-0.25, -0.2) is 0 Å². The molecule has 0 saturated heterocycles. The largest absolute Gasteiger partial charge is 0.361 e. The summed E-state index contributed by atoms with van der Waals surface area (Å²) in [5.74, 6) is 1.68. The minimum Gasteiger partial charge on any atom is -0.361 e. The Balaban J connectivity index is 1.72. The van der Waals surface area contributed by atoms with Crippen molar-refractivity contribution in [2.75, 3.05) is 6.54 Å². The molecule has 4 nitrogen and oxygen atoms in total. The van der Waals surface area contributed by atoms with E-state index in [0.29, 0.717) is 12.5 Å². The number of carbonyl (C=O) groups excluding carboxylic acids is 1. The van der Waals surface area contributed by atoms with Crippen LogP contribution in [0.5, 0.6) is 0 Å². The van der Waals surface area contributed by atoms with E-state index in [4.69, 9.17) is 4.52 Å². The second-order valence-electron chi connectivity index (χ2n) is 6.31. The van der Waals surface area contributed by atoms with Crippen molar-refractivity contribution in [1.29, 1.82) is 0 Å². The number of aromatic nitrogens is 1. The molecular formula is C17H24N2O2. The van der Waals surface area contributed by atoms with Crippen LogP contribution in [0.25, 0.3) is 0 Å². The van der Waals surface area contributed by atoms with E-state index in [2.05, 4.69) is 11.7 Å². The topological polar surface area (TPSA) is 46.3 Å². The van der Waals surface area contributed by atoms with Crippen molar-refractivity contribution < 1.29 is 9.32 Å². The maximum absolute atomic E-state index is 12.1. The van der Waals surface area contributed by atoms with E-state index in [0.717, 1.165) is 30.8 Å². The Morgan fingerprint density at radius 2 is 2.05 bits per heavy atom. The minimum atomic E-state index is 0.00876. The summed E-state index contributed by atoms with van der Waals surface area (Å²) in [5.41, 5.74) is 2.20. The molecule has 2 aliphatic rings. The van der Waals surface area contributed by atoms with Crippen molar-refractivity contribution in [2.45, 2.75) is 57.9 Å². The van der Waals surface area contributed by atoms with Gasteiger partial charge in [0.15, 0.2) is 0 Å². The average molecular weight is 288 g/mol. The van der Waals surface area contributed by atoms with Crippen molar-refractivity contribution in [3.63, 3.8) is 0 Å².